The van der Waals surface area contributed by atoms with E-state index in [1.54, 1.807) is 24.3 Å². The molecule has 0 radical (unpaired) electrons. The molecular weight excluding hydrogens is 246 g/mol. The Balaban J connectivity index is 1.91. The zero-order valence-electron chi connectivity index (χ0n) is 10.7. The molecule has 1 aliphatic rings. The summed E-state index contributed by atoms with van der Waals surface area (Å²) in [5.41, 5.74) is 1.33. The highest BCUT2D eigenvalue weighted by molar-refractivity contribution is 5.93. The summed E-state index contributed by atoms with van der Waals surface area (Å²) >= 11 is 0. The van der Waals surface area contributed by atoms with Crippen molar-refractivity contribution in [3.05, 3.63) is 24.3 Å². The first-order valence-corrected chi connectivity index (χ1v) is 6.15. The highest BCUT2D eigenvalue weighted by atomic mass is 16.5. The molecule has 2 amide bonds. The van der Waals surface area contributed by atoms with Gasteiger partial charge in [-0.05, 0) is 37.2 Å². The van der Waals surface area contributed by atoms with E-state index in [0.717, 1.165) is 19.5 Å². The lowest BCUT2D eigenvalue weighted by Gasteiger charge is -2.10. The summed E-state index contributed by atoms with van der Waals surface area (Å²) in [4.78, 5) is 22.9. The number of hydrogen-bond donors (Lipinski definition) is 3. The molecule has 6 heteroatoms. The lowest BCUT2D eigenvalue weighted by molar-refractivity contribution is -0.119. The first-order chi connectivity index (χ1) is 9.19. The van der Waals surface area contributed by atoms with Crippen molar-refractivity contribution in [2.45, 2.75) is 6.42 Å². The van der Waals surface area contributed by atoms with Crippen LogP contribution in [0.1, 0.15) is 6.42 Å². The number of rotatable bonds is 3. The van der Waals surface area contributed by atoms with Crippen LogP contribution in [0, 0.1) is 5.92 Å². The van der Waals surface area contributed by atoms with Gasteiger partial charge in [-0.3, -0.25) is 10.1 Å². The number of amides is 2. The molecule has 1 atom stereocenters. The van der Waals surface area contributed by atoms with Gasteiger partial charge in [0.25, 0.3) is 0 Å². The lowest BCUT2D eigenvalue weighted by atomic mass is 10.1. The van der Waals surface area contributed by atoms with E-state index in [-0.39, 0.29) is 11.8 Å². The van der Waals surface area contributed by atoms with Gasteiger partial charge < -0.3 is 15.4 Å². The maximum absolute atomic E-state index is 11.9. The van der Waals surface area contributed by atoms with Gasteiger partial charge in [0.2, 0.25) is 5.91 Å². The predicted molar refractivity (Wildman–Crippen MR) is 72.1 cm³/mol. The number of benzene rings is 1. The van der Waals surface area contributed by atoms with Crippen molar-refractivity contribution in [3.63, 3.8) is 0 Å². The number of carbonyl (C=O) groups excluding carboxylic acids is 2. The summed E-state index contributed by atoms with van der Waals surface area (Å²) in [5.74, 6) is 0.0616. The lowest BCUT2D eigenvalue weighted by Crippen LogP contribution is -2.24. The van der Waals surface area contributed by atoms with E-state index in [1.165, 1.54) is 7.11 Å². The Morgan fingerprint density at radius 3 is 2.37 bits per heavy atom. The number of hydrogen-bond acceptors (Lipinski definition) is 4. The fourth-order valence-corrected chi connectivity index (χ4v) is 1.93. The second kappa shape index (κ2) is 6.19. The molecule has 1 heterocycles. The Morgan fingerprint density at radius 1 is 1.21 bits per heavy atom. The Kier molecular flexibility index (Phi) is 4.35. The van der Waals surface area contributed by atoms with Gasteiger partial charge in [0.05, 0.1) is 13.0 Å². The first kappa shape index (κ1) is 13.4. The minimum Gasteiger partial charge on any atom is -0.453 e. The summed E-state index contributed by atoms with van der Waals surface area (Å²) in [7, 11) is 1.31. The largest absolute Gasteiger partial charge is 0.453 e. The number of anilines is 2. The van der Waals surface area contributed by atoms with Gasteiger partial charge >= 0.3 is 6.09 Å². The van der Waals surface area contributed by atoms with Crippen molar-refractivity contribution in [3.8, 4) is 0 Å². The van der Waals surface area contributed by atoms with Crippen LogP contribution in [0.25, 0.3) is 0 Å². The molecule has 1 fully saturated rings. The van der Waals surface area contributed by atoms with Crippen molar-refractivity contribution in [2.24, 2.45) is 5.92 Å². The zero-order valence-corrected chi connectivity index (χ0v) is 10.7. The van der Waals surface area contributed by atoms with Crippen molar-refractivity contribution >= 4 is 23.4 Å². The molecule has 1 aromatic carbocycles. The van der Waals surface area contributed by atoms with E-state index in [9.17, 15) is 9.59 Å². The molecule has 102 valence electrons. The van der Waals surface area contributed by atoms with Gasteiger partial charge in [0.15, 0.2) is 0 Å². The summed E-state index contributed by atoms with van der Waals surface area (Å²) < 4.78 is 4.49. The number of carbonyl (C=O) groups is 2. The quantitative estimate of drug-likeness (QED) is 0.770. The second-order valence-electron chi connectivity index (χ2n) is 4.37. The Hall–Kier alpha value is -2.08. The van der Waals surface area contributed by atoms with Gasteiger partial charge in [0.1, 0.15) is 0 Å². The SMILES string of the molecule is COC(=O)Nc1ccc(NC(=O)C2CCNC2)cc1. The topological polar surface area (TPSA) is 79.5 Å². The number of nitrogens with one attached hydrogen (secondary N) is 3. The number of methoxy groups -OCH3 is 1. The maximum Gasteiger partial charge on any atom is 0.411 e. The van der Waals surface area contributed by atoms with E-state index in [4.69, 9.17) is 0 Å². The fraction of sp³-hybridized carbons (Fsp3) is 0.385. The predicted octanol–water partition coefficient (Wildman–Crippen LogP) is 1.41. The van der Waals surface area contributed by atoms with Crippen LogP contribution in [-0.2, 0) is 9.53 Å². The van der Waals surface area contributed by atoms with Crippen molar-refractivity contribution in [1.82, 2.24) is 5.32 Å². The fourth-order valence-electron chi connectivity index (χ4n) is 1.93. The molecule has 1 unspecified atom stereocenters. The summed E-state index contributed by atoms with van der Waals surface area (Å²) in [5, 5.41) is 8.55. The highest BCUT2D eigenvalue weighted by Gasteiger charge is 2.22. The molecular formula is C13H17N3O3. The number of ether oxygens (including phenoxy) is 1. The van der Waals surface area contributed by atoms with Crippen LogP contribution >= 0.6 is 0 Å². The van der Waals surface area contributed by atoms with Gasteiger partial charge in [-0.15, -0.1) is 0 Å². The standard InChI is InChI=1S/C13H17N3O3/c1-19-13(18)16-11-4-2-10(3-5-11)15-12(17)9-6-7-14-8-9/h2-5,9,14H,6-8H2,1H3,(H,15,17)(H,16,18). The monoisotopic (exact) mass is 263 g/mol. The highest BCUT2D eigenvalue weighted by Crippen LogP contribution is 2.16. The van der Waals surface area contributed by atoms with E-state index < -0.39 is 6.09 Å². The smallest absolute Gasteiger partial charge is 0.411 e. The van der Waals surface area contributed by atoms with E-state index in [0.29, 0.717) is 11.4 Å². The molecule has 1 aromatic rings. The van der Waals surface area contributed by atoms with Gasteiger partial charge in [-0.1, -0.05) is 0 Å². The van der Waals surface area contributed by atoms with Crippen LogP contribution in [0.2, 0.25) is 0 Å². The average molecular weight is 263 g/mol. The van der Waals surface area contributed by atoms with Crippen LogP contribution in [-0.4, -0.2) is 32.2 Å². The Bertz CT molecular complexity index is 453. The minimum absolute atomic E-state index is 0.0266. The minimum atomic E-state index is -0.520. The normalized spacial score (nSPS) is 17.8. The van der Waals surface area contributed by atoms with Crippen LogP contribution < -0.4 is 16.0 Å². The molecule has 0 bridgehead atoms. The molecule has 3 N–H and O–H groups in total. The molecule has 1 saturated heterocycles. The molecule has 0 aliphatic carbocycles. The van der Waals surface area contributed by atoms with Crippen LogP contribution in [0.5, 0.6) is 0 Å². The summed E-state index contributed by atoms with van der Waals surface area (Å²) in [6.07, 6.45) is 0.349. The third-order valence-corrected chi connectivity index (χ3v) is 3.02. The Morgan fingerprint density at radius 2 is 1.84 bits per heavy atom. The first-order valence-electron chi connectivity index (χ1n) is 6.15. The summed E-state index contributed by atoms with van der Waals surface area (Å²) in [6, 6.07) is 6.90. The van der Waals surface area contributed by atoms with Crippen molar-refractivity contribution < 1.29 is 14.3 Å². The third-order valence-electron chi connectivity index (χ3n) is 3.02. The molecule has 1 aliphatic heterocycles. The molecule has 2 rings (SSSR count). The van der Waals surface area contributed by atoms with Crippen molar-refractivity contribution in [1.29, 1.82) is 0 Å². The van der Waals surface area contributed by atoms with Gasteiger partial charge in [-0.25, -0.2) is 4.79 Å². The van der Waals surface area contributed by atoms with E-state index >= 15 is 0 Å². The molecule has 0 aromatic heterocycles. The second-order valence-corrected chi connectivity index (χ2v) is 4.37. The van der Waals surface area contributed by atoms with Gasteiger partial charge in [0, 0.05) is 17.9 Å². The molecule has 0 spiro atoms. The molecule has 0 saturated carbocycles. The summed E-state index contributed by atoms with van der Waals surface area (Å²) in [6.45, 7) is 1.62. The van der Waals surface area contributed by atoms with Crippen LogP contribution in [0.3, 0.4) is 0 Å². The van der Waals surface area contributed by atoms with Crippen LogP contribution in [0.4, 0.5) is 16.2 Å². The zero-order chi connectivity index (χ0) is 13.7. The molecule has 19 heavy (non-hydrogen) atoms. The molecule has 6 nitrogen and oxygen atoms in total. The third kappa shape index (κ3) is 3.69. The van der Waals surface area contributed by atoms with Crippen molar-refractivity contribution in [2.75, 3.05) is 30.8 Å². The van der Waals surface area contributed by atoms with E-state index in [2.05, 4.69) is 20.7 Å². The van der Waals surface area contributed by atoms with Gasteiger partial charge in [-0.2, -0.15) is 0 Å². The maximum atomic E-state index is 11.9. The van der Waals surface area contributed by atoms with E-state index in [1.807, 2.05) is 0 Å². The Labute approximate surface area is 111 Å². The average Bonchev–Trinajstić information content (AvgIpc) is 2.95. The van der Waals surface area contributed by atoms with Crippen LogP contribution in [0.15, 0.2) is 24.3 Å².